The van der Waals surface area contributed by atoms with Crippen LogP contribution in [0.3, 0.4) is 0 Å². The van der Waals surface area contributed by atoms with Crippen molar-refractivity contribution < 1.29 is 14.3 Å². The minimum atomic E-state index is -0.0545. The standard InChI is InChI=1S/C20H25NO3/c1-14(2)16-9-7-8-15(3)20(16)21-19(22)12-13-24-18-11-6-5-10-17(18)23-4/h5-11,14H,12-13H2,1-4H3,(H,21,22). The van der Waals surface area contributed by atoms with Crippen molar-refractivity contribution in [1.29, 1.82) is 0 Å². The van der Waals surface area contributed by atoms with Gasteiger partial charge < -0.3 is 14.8 Å². The van der Waals surface area contributed by atoms with Crippen LogP contribution in [-0.4, -0.2) is 19.6 Å². The minimum Gasteiger partial charge on any atom is -0.493 e. The molecule has 2 aromatic carbocycles. The van der Waals surface area contributed by atoms with Gasteiger partial charge in [0, 0.05) is 5.69 Å². The van der Waals surface area contributed by atoms with E-state index < -0.39 is 0 Å². The fraction of sp³-hybridized carbons (Fsp3) is 0.350. The third-order valence-corrected chi connectivity index (χ3v) is 3.85. The van der Waals surface area contributed by atoms with Gasteiger partial charge in [-0.15, -0.1) is 0 Å². The minimum absolute atomic E-state index is 0.0545. The molecule has 0 saturated carbocycles. The van der Waals surface area contributed by atoms with Crippen molar-refractivity contribution in [3.05, 3.63) is 53.6 Å². The molecule has 0 atom stereocenters. The molecule has 0 aliphatic rings. The smallest absolute Gasteiger partial charge is 0.227 e. The summed E-state index contributed by atoms with van der Waals surface area (Å²) in [5.74, 6) is 1.61. The summed E-state index contributed by atoms with van der Waals surface area (Å²) < 4.78 is 10.9. The van der Waals surface area contributed by atoms with E-state index >= 15 is 0 Å². The highest BCUT2D eigenvalue weighted by Crippen LogP contribution is 2.28. The molecular weight excluding hydrogens is 302 g/mol. The summed E-state index contributed by atoms with van der Waals surface area (Å²) in [5, 5.41) is 3.02. The molecule has 2 rings (SSSR count). The highest BCUT2D eigenvalue weighted by atomic mass is 16.5. The molecule has 0 aromatic heterocycles. The van der Waals surface area contributed by atoms with E-state index in [-0.39, 0.29) is 12.3 Å². The number of carbonyl (C=O) groups is 1. The number of ether oxygens (including phenoxy) is 2. The van der Waals surface area contributed by atoms with Gasteiger partial charge in [-0.05, 0) is 36.1 Å². The molecule has 0 bridgehead atoms. The van der Waals surface area contributed by atoms with Crippen LogP contribution in [0.2, 0.25) is 0 Å². The van der Waals surface area contributed by atoms with E-state index in [1.54, 1.807) is 7.11 Å². The third kappa shape index (κ3) is 4.51. The first-order valence-corrected chi connectivity index (χ1v) is 8.18. The van der Waals surface area contributed by atoms with Crippen molar-refractivity contribution in [2.75, 3.05) is 19.0 Å². The molecule has 0 heterocycles. The van der Waals surface area contributed by atoms with E-state index in [1.165, 1.54) is 0 Å². The van der Waals surface area contributed by atoms with Gasteiger partial charge in [0.2, 0.25) is 5.91 Å². The molecule has 24 heavy (non-hydrogen) atoms. The first-order valence-electron chi connectivity index (χ1n) is 8.18. The van der Waals surface area contributed by atoms with Crippen molar-refractivity contribution in [3.63, 3.8) is 0 Å². The van der Waals surface area contributed by atoms with Crippen LogP contribution in [0.1, 0.15) is 37.3 Å². The Morgan fingerprint density at radius 1 is 1.08 bits per heavy atom. The summed E-state index contributed by atoms with van der Waals surface area (Å²) >= 11 is 0. The van der Waals surface area contributed by atoms with Crippen LogP contribution < -0.4 is 14.8 Å². The van der Waals surface area contributed by atoms with Gasteiger partial charge in [0.15, 0.2) is 11.5 Å². The van der Waals surface area contributed by atoms with E-state index in [9.17, 15) is 4.79 Å². The van der Waals surface area contributed by atoms with Crippen LogP contribution in [0, 0.1) is 6.92 Å². The number of rotatable bonds is 7. The molecular formula is C20H25NO3. The molecule has 0 unspecified atom stereocenters. The second kappa shape index (κ2) is 8.39. The predicted octanol–water partition coefficient (Wildman–Crippen LogP) is 4.53. The molecule has 128 valence electrons. The number of carbonyl (C=O) groups excluding carboxylic acids is 1. The van der Waals surface area contributed by atoms with Gasteiger partial charge >= 0.3 is 0 Å². The third-order valence-electron chi connectivity index (χ3n) is 3.85. The van der Waals surface area contributed by atoms with Gasteiger partial charge in [-0.1, -0.05) is 44.2 Å². The maximum atomic E-state index is 12.3. The van der Waals surface area contributed by atoms with Crippen LogP contribution in [-0.2, 0) is 4.79 Å². The van der Waals surface area contributed by atoms with Crippen molar-refractivity contribution in [3.8, 4) is 11.5 Å². The summed E-state index contributed by atoms with van der Waals surface area (Å²) in [6.07, 6.45) is 0.282. The van der Waals surface area contributed by atoms with E-state index in [0.717, 1.165) is 16.8 Å². The molecule has 4 heteroatoms. The van der Waals surface area contributed by atoms with Gasteiger partial charge in [0.1, 0.15) is 0 Å². The Balaban J connectivity index is 1.95. The number of aryl methyl sites for hydroxylation is 1. The lowest BCUT2D eigenvalue weighted by atomic mass is 9.98. The lowest BCUT2D eigenvalue weighted by molar-refractivity contribution is -0.116. The van der Waals surface area contributed by atoms with Crippen LogP contribution >= 0.6 is 0 Å². The molecule has 1 N–H and O–H groups in total. The SMILES string of the molecule is COc1ccccc1OCCC(=O)Nc1c(C)cccc1C(C)C. The summed E-state index contributed by atoms with van der Waals surface area (Å²) in [4.78, 5) is 12.3. The number of nitrogens with one attached hydrogen (secondary N) is 1. The van der Waals surface area contributed by atoms with Crippen LogP contribution in [0.4, 0.5) is 5.69 Å². The van der Waals surface area contributed by atoms with E-state index in [4.69, 9.17) is 9.47 Å². The highest BCUT2D eigenvalue weighted by Gasteiger charge is 2.12. The molecule has 0 aliphatic carbocycles. The zero-order chi connectivity index (χ0) is 17.5. The predicted molar refractivity (Wildman–Crippen MR) is 97.0 cm³/mol. The van der Waals surface area contributed by atoms with Crippen LogP contribution in [0.25, 0.3) is 0 Å². The monoisotopic (exact) mass is 327 g/mol. The summed E-state index contributed by atoms with van der Waals surface area (Å²) in [7, 11) is 1.60. The molecule has 0 saturated heterocycles. The Kier molecular flexibility index (Phi) is 6.24. The van der Waals surface area contributed by atoms with E-state index in [0.29, 0.717) is 24.0 Å². The Morgan fingerprint density at radius 3 is 2.46 bits per heavy atom. The number of hydrogen-bond acceptors (Lipinski definition) is 3. The van der Waals surface area contributed by atoms with Crippen molar-refractivity contribution >= 4 is 11.6 Å². The normalized spacial score (nSPS) is 10.5. The Morgan fingerprint density at radius 2 is 1.79 bits per heavy atom. The van der Waals surface area contributed by atoms with Gasteiger partial charge in [-0.25, -0.2) is 0 Å². The van der Waals surface area contributed by atoms with Crippen LogP contribution in [0.15, 0.2) is 42.5 Å². The molecule has 0 fully saturated rings. The van der Waals surface area contributed by atoms with E-state index in [2.05, 4.69) is 25.2 Å². The summed E-state index contributed by atoms with van der Waals surface area (Å²) in [6, 6.07) is 13.5. The number of benzene rings is 2. The molecule has 1 amide bonds. The Labute approximate surface area is 143 Å². The second-order valence-electron chi connectivity index (χ2n) is 5.99. The first kappa shape index (κ1) is 17.9. The average molecular weight is 327 g/mol. The number of hydrogen-bond donors (Lipinski definition) is 1. The summed E-state index contributed by atoms with van der Waals surface area (Å²) in [5.41, 5.74) is 3.13. The maximum absolute atomic E-state index is 12.3. The van der Waals surface area contributed by atoms with E-state index in [1.807, 2.05) is 43.3 Å². The molecule has 0 aliphatic heterocycles. The fourth-order valence-corrected chi connectivity index (χ4v) is 2.54. The van der Waals surface area contributed by atoms with Crippen LogP contribution in [0.5, 0.6) is 11.5 Å². The van der Waals surface area contributed by atoms with Crippen molar-refractivity contribution in [1.82, 2.24) is 0 Å². The Bertz CT molecular complexity index is 695. The zero-order valence-electron chi connectivity index (χ0n) is 14.8. The molecule has 4 nitrogen and oxygen atoms in total. The Hall–Kier alpha value is -2.49. The number of amides is 1. The number of para-hydroxylation sites is 3. The first-order chi connectivity index (χ1) is 11.5. The quantitative estimate of drug-likeness (QED) is 0.812. The number of methoxy groups -OCH3 is 1. The van der Waals surface area contributed by atoms with Gasteiger partial charge in [0.05, 0.1) is 20.1 Å². The average Bonchev–Trinajstić information content (AvgIpc) is 2.57. The number of anilines is 1. The highest BCUT2D eigenvalue weighted by molar-refractivity contribution is 5.92. The molecule has 2 aromatic rings. The van der Waals surface area contributed by atoms with Gasteiger partial charge in [-0.2, -0.15) is 0 Å². The van der Waals surface area contributed by atoms with Gasteiger partial charge in [-0.3, -0.25) is 4.79 Å². The zero-order valence-corrected chi connectivity index (χ0v) is 14.8. The van der Waals surface area contributed by atoms with Gasteiger partial charge in [0.25, 0.3) is 0 Å². The second-order valence-corrected chi connectivity index (χ2v) is 5.99. The fourth-order valence-electron chi connectivity index (χ4n) is 2.54. The summed E-state index contributed by atoms with van der Waals surface area (Å²) in [6.45, 7) is 6.55. The lowest BCUT2D eigenvalue weighted by Crippen LogP contribution is -2.17. The maximum Gasteiger partial charge on any atom is 0.227 e. The molecule has 0 spiro atoms. The topological polar surface area (TPSA) is 47.6 Å². The van der Waals surface area contributed by atoms with Crippen molar-refractivity contribution in [2.45, 2.75) is 33.1 Å². The molecule has 0 radical (unpaired) electrons. The largest absolute Gasteiger partial charge is 0.493 e. The lowest BCUT2D eigenvalue weighted by Gasteiger charge is -2.16. The van der Waals surface area contributed by atoms with Crippen molar-refractivity contribution in [2.24, 2.45) is 0 Å².